The van der Waals surface area contributed by atoms with E-state index in [9.17, 15) is 4.79 Å². The third-order valence-electron chi connectivity index (χ3n) is 3.61. The van der Waals surface area contributed by atoms with Gasteiger partial charge in [-0.25, -0.2) is 4.79 Å². The second-order valence-corrected chi connectivity index (χ2v) is 6.69. The fraction of sp³-hybridized carbons (Fsp3) is 0.316. The molecule has 2 aromatic rings. The topological polar surface area (TPSA) is 77.0 Å². The Bertz CT molecular complexity index is 792. The molecule has 0 spiro atoms. The van der Waals surface area contributed by atoms with Gasteiger partial charge in [-0.05, 0) is 49.7 Å². The standard InChI is InChI=1S/C19H22BrNO5/c1-11(2)26-18-9-14(20)13(8-17(18)25-4)10-21-15-7-12(19(22)23)5-6-16(15)24-3/h5-9,11,21H,10H2,1-4H3,(H,22,23). The van der Waals surface area contributed by atoms with Crippen molar-refractivity contribution in [2.45, 2.75) is 26.5 Å². The van der Waals surface area contributed by atoms with Crippen molar-refractivity contribution in [1.82, 2.24) is 0 Å². The normalized spacial score (nSPS) is 10.5. The van der Waals surface area contributed by atoms with Crippen molar-refractivity contribution in [3.63, 3.8) is 0 Å². The maximum Gasteiger partial charge on any atom is 0.335 e. The number of methoxy groups -OCH3 is 2. The molecule has 6 nitrogen and oxygen atoms in total. The summed E-state index contributed by atoms with van der Waals surface area (Å²) in [7, 11) is 3.13. The van der Waals surface area contributed by atoms with Crippen molar-refractivity contribution >= 4 is 27.6 Å². The Labute approximate surface area is 161 Å². The molecule has 0 aliphatic heterocycles. The van der Waals surface area contributed by atoms with Gasteiger partial charge in [-0.15, -0.1) is 0 Å². The average molecular weight is 424 g/mol. The van der Waals surface area contributed by atoms with Gasteiger partial charge in [0, 0.05) is 11.0 Å². The lowest BCUT2D eigenvalue weighted by atomic mass is 10.1. The minimum atomic E-state index is -0.992. The van der Waals surface area contributed by atoms with E-state index in [1.54, 1.807) is 19.2 Å². The van der Waals surface area contributed by atoms with Crippen LogP contribution in [0, 0.1) is 0 Å². The van der Waals surface area contributed by atoms with Gasteiger partial charge >= 0.3 is 5.97 Å². The summed E-state index contributed by atoms with van der Waals surface area (Å²) in [6.07, 6.45) is 0.0304. The number of rotatable bonds is 8. The Balaban J connectivity index is 2.26. The smallest absolute Gasteiger partial charge is 0.335 e. The molecule has 0 aliphatic rings. The monoisotopic (exact) mass is 423 g/mol. The Morgan fingerprint density at radius 3 is 2.38 bits per heavy atom. The summed E-state index contributed by atoms with van der Waals surface area (Å²) >= 11 is 3.55. The number of benzene rings is 2. The van der Waals surface area contributed by atoms with E-state index in [2.05, 4.69) is 21.2 Å². The van der Waals surface area contributed by atoms with Crippen LogP contribution in [0.3, 0.4) is 0 Å². The zero-order chi connectivity index (χ0) is 19.3. The molecule has 0 heterocycles. The molecule has 0 aliphatic carbocycles. The molecule has 2 rings (SSSR count). The molecule has 0 saturated heterocycles. The predicted octanol–water partition coefficient (Wildman–Crippen LogP) is 4.56. The number of halogens is 1. The zero-order valence-corrected chi connectivity index (χ0v) is 16.7. The van der Waals surface area contributed by atoms with Crippen molar-refractivity contribution in [2.24, 2.45) is 0 Å². The first kappa shape index (κ1) is 19.9. The van der Waals surface area contributed by atoms with E-state index in [1.165, 1.54) is 13.2 Å². The fourth-order valence-electron chi connectivity index (χ4n) is 2.39. The Kier molecular flexibility index (Phi) is 6.74. The summed E-state index contributed by atoms with van der Waals surface area (Å²) in [5.41, 5.74) is 1.71. The van der Waals surface area contributed by atoms with E-state index < -0.39 is 5.97 Å². The summed E-state index contributed by atoms with van der Waals surface area (Å²) < 4.78 is 17.3. The van der Waals surface area contributed by atoms with Gasteiger partial charge in [0.2, 0.25) is 0 Å². The first-order valence-corrected chi connectivity index (χ1v) is 8.83. The number of aromatic carboxylic acids is 1. The highest BCUT2D eigenvalue weighted by atomic mass is 79.9. The molecule has 140 valence electrons. The number of carboxylic acids is 1. The van der Waals surface area contributed by atoms with Gasteiger partial charge in [-0.3, -0.25) is 0 Å². The SMILES string of the molecule is COc1ccc(C(=O)O)cc1NCc1cc(OC)c(OC(C)C)cc1Br. The van der Waals surface area contributed by atoms with Gasteiger partial charge < -0.3 is 24.6 Å². The maximum atomic E-state index is 11.2. The molecule has 2 N–H and O–H groups in total. The molecule has 0 aromatic heterocycles. The van der Waals surface area contributed by atoms with Crippen LogP contribution >= 0.6 is 15.9 Å². The first-order chi connectivity index (χ1) is 12.3. The van der Waals surface area contributed by atoms with Crippen molar-refractivity contribution in [2.75, 3.05) is 19.5 Å². The van der Waals surface area contributed by atoms with Gasteiger partial charge in [0.25, 0.3) is 0 Å². The molecular formula is C19H22BrNO5. The van der Waals surface area contributed by atoms with Gasteiger partial charge in [0.15, 0.2) is 11.5 Å². The number of carboxylic acid groups (broad SMARTS) is 1. The van der Waals surface area contributed by atoms with Crippen LogP contribution in [-0.2, 0) is 6.54 Å². The lowest BCUT2D eigenvalue weighted by molar-refractivity contribution is 0.0697. The highest BCUT2D eigenvalue weighted by molar-refractivity contribution is 9.10. The number of hydrogen-bond donors (Lipinski definition) is 2. The molecule has 0 atom stereocenters. The molecule has 2 aromatic carbocycles. The fourth-order valence-corrected chi connectivity index (χ4v) is 2.85. The van der Waals surface area contributed by atoms with Gasteiger partial charge in [-0.2, -0.15) is 0 Å². The quantitative estimate of drug-likeness (QED) is 0.647. The minimum Gasteiger partial charge on any atom is -0.495 e. The van der Waals surface area contributed by atoms with Crippen LogP contribution < -0.4 is 19.5 Å². The highest BCUT2D eigenvalue weighted by Gasteiger charge is 2.13. The van der Waals surface area contributed by atoms with Crippen LogP contribution in [0.1, 0.15) is 29.8 Å². The number of carbonyl (C=O) groups is 1. The van der Waals surface area contributed by atoms with Crippen LogP contribution in [0.25, 0.3) is 0 Å². The summed E-state index contributed by atoms with van der Waals surface area (Å²) in [5, 5.41) is 12.4. The molecular weight excluding hydrogens is 402 g/mol. The lowest BCUT2D eigenvalue weighted by Crippen LogP contribution is -2.08. The number of nitrogens with one attached hydrogen (secondary N) is 1. The summed E-state index contributed by atoms with van der Waals surface area (Å²) in [6, 6.07) is 8.41. The number of anilines is 1. The second-order valence-electron chi connectivity index (χ2n) is 5.83. The van der Waals surface area contributed by atoms with E-state index in [4.69, 9.17) is 19.3 Å². The summed E-state index contributed by atoms with van der Waals surface area (Å²) in [5.74, 6) is 0.861. The van der Waals surface area contributed by atoms with Crippen LogP contribution in [-0.4, -0.2) is 31.4 Å². The molecule has 0 radical (unpaired) electrons. The van der Waals surface area contributed by atoms with Crippen LogP contribution in [0.5, 0.6) is 17.2 Å². The van der Waals surface area contributed by atoms with Crippen molar-refractivity contribution in [1.29, 1.82) is 0 Å². The largest absolute Gasteiger partial charge is 0.495 e. The molecule has 0 amide bonds. The van der Waals surface area contributed by atoms with E-state index in [1.807, 2.05) is 26.0 Å². The van der Waals surface area contributed by atoms with E-state index in [0.717, 1.165) is 10.0 Å². The van der Waals surface area contributed by atoms with E-state index in [0.29, 0.717) is 29.5 Å². The van der Waals surface area contributed by atoms with Crippen molar-refractivity contribution in [3.8, 4) is 17.2 Å². The van der Waals surface area contributed by atoms with Crippen LogP contribution in [0.4, 0.5) is 5.69 Å². The predicted molar refractivity (Wildman–Crippen MR) is 104 cm³/mol. The second kappa shape index (κ2) is 8.80. The maximum absolute atomic E-state index is 11.2. The van der Waals surface area contributed by atoms with E-state index in [-0.39, 0.29) is 11.7 Å². The molecule has 0 bridgehead atoms. The van der Waals surface area contributed by atoms with Gasteiger partial charge in [-0.1, -0.05) is 15.9 Å². The molecule has 0 fully saturated rings. The third kappa shape index (κ3) is 4.82. The number of hydrogen-bond acceptors (Lipinski definition) is 5. The molecule has 7 heteroatoms. The zero-order valence-electron chi connectivity index (χ0n) is 15.1. The summed E-state index contributed by atoms with van der Waals surface area (Å²) in [4.78, 5) is 11.2. The van der Waals surface area contributed by atoms with Crippen LogP contribution in [0.15, 0.2) is 34.8 Å². The first-order valence-electron chi connectivity index (χ1n) is 8.04. The Morgan fingerprint density at radius 2 is 1.81 bits per heavy atom. The molecule has 0 saturated carbocycles. The van der Waals surface area contributed by atoms with Crippen LogP contribution in [0.2, 0.25) is 0 Å². The Hall–Kier alpha value is -2.41. The molecule has 0 unspecified atom stereocenters. The number of ether oxygens (including phenoxy) is 3. The third-order valence-corrected chi connectivity index (χ3v) is 4.35. The molecule has 26 heavy (non-hydrogen) atoms. The van der Waals surface area contributed by atoms with E-state index >= 15 is 0 Å². The lowest BCUT2D eigenvalue weighted by Gasteiger charge is -2.17. The van der Waals surface area contributed by atoms with Crippen molar-refractivity contribution < 1.29 is 24.1 Å². The van der Waals surface area contributed by atoms with Gasteiger partial charge in [0.05, 0.1) is 31.6 Å². The van der Waals surface area contributed by atoms with Crippen molar-refractivity contribution in [3.05, 3.63) is 45.9 Å². The average Bonchev–Trinajstić information content (AvgIpc) is 2.60. The summed E-state index contributed by atoms with van der Waals surface area (Å²) in [6.45, 7) is 4.34. The Morgan fingerprint density at radius 1 is 1.12 bits per heavy atom. The minimum absolute atomic E-state index is 0.0304. The highest BCUT2D eigenvalue weighted by Crippen LogP contribution is 2.35. The van der Waals surface area contributed by atoms with Gasteiger partial charge in [0.1, 0.15) is 5.75 Å².